The number of carboxylic acids is 1. The van der Waals surface area contributed by atoms with Crippen LogP contribution in [-0.4, -0.2) is 21.0 Å². The average Bonchev–Trinajstić information content (AvgIpc) is 2.96. The van der Waals surface area contributed by atoms with E-state index in [1.807, 2.05) is 13.8 Å². The van der Waals surface area contributed by atoms with E-state index in [-0.39, 0.29) is 6.04 Å². The second-order valence-electron chi connectivity index (χ2n) is 5.52. The van der Waals surface area contributed by atoms with Crippen LogP contribution in [0.3, 0.4) is 0 Å². The summed E-state index contributed by atoms with van der Waals surface area (Å²) in [6.45, 7) is 9.37. The van der Waals surface area contributed by atoms with E-state index in [9.17, 15) is 9.90 Å². The first-order chi connectivity index (χ1) is 9.71. The number of hydrogen-bond donors (Lipinski definition) is 2. The fourth-order valence-corrected chi connectivity index (χ4v) is 3.83. The predicted octanol–water partition coefficient (Wildman–Crippen LogP) is 3.75. The zero-order chi connectivity index (χ0) is 15.8. The predicted molar refractivity (Wildman–Crippen MR) is 86.4 cm³/mol. The number of rotatable bonds is 5. The third-order valence-corrected chi connectivity index (χ3v) is 5.38. The van der Waals surface area contributed by atoms with Crippen LogP contribution in [0, 0.1) is 13.8 Å². The van der Waals surface area contributed by atoms with Crippen LogP contribution >= 0.6 is 22.7 Å². The summed E-state index contributed by atoms with van der Waals surface area (Å²) in [7, 11) is 0. The molecule has 0 aromatic carbocycles. The summed E-state index contributed by atoms with van der Waals surface area (Å²) in [6.07, 6.45) is 0. The van der Waals surface area contributed by atoms with E-state index in [1.54, 1.807) is 30.6 Å². The van der Waals surface area contributed by atoms with E-state index < -0.39 is 11.4 Å². The lowest BCUT2D eigenvalue weighted by molar-refractivity contribution is -0.142. The first-order valence-corrected chi connectivity index (χ1v) is 8.31. The smallest absolute Gasteiger partial charge is 0.315 e. The molecule has 0 bridgehead atoms. The monoisotopic (exact) mass is 325 g/mol. The van der Waals surface area contributed by atoms with Crippen molar-refractivity contribution >= 4 is 33.8 Å². The Kier molecular flexibility index (Phi) is 4.34. The highest BCUT2D eigenvalue weighted by molar-refractivity contribution is 7.14. The van der Waals surface area contributed by atoms with E-state index in [0.717, 1.165) is 15.8 Å². The number of carbonyl (C=O) groups is 1. The Morgan fingerprint density at radius 1 is 1.38 bits per heavy atom. The normalized spacial score (nSPS) is 13.2. The van der Waals surface area contributed by atoms with Gasteiger partial charge in [-0.15, -0.1) is 22.7 Å². The standard InChI is InChI=1S/C14H19N3O2S2/c1-7-11(21-9(3)15-7)8(2)16-13-17-10(6-20-13)14(4,5)12(18)19/h6,8H,1-5H3,(H,16,17)(H,18,19). The Morgan fingerprint density at radius 3 is 2.57 bits per heavy atom. The Hall–Kier alpha value is -1.47. The van der Waals surface area contributed by atoms with E-state index in [4.69, 9.17) is 0 Å². The lowest BCUT2D eigenvalue weighted by Crippen LogP contribution is -2.28. The number of anilines is 1. The number of aliphatic carboxylic acids is 1. The zero-order valence-electron chi connectivity index (χ0n) is 12.7. The molecule has 0 radical (unpaired) electrons. The summed E-state index contributed by atoms with van der Waals surface area (Å²) in [5.41, 5.74) is 0.628. The molecule has 0 saturated heterocycles. The van der Waals surface area contributed by atoms with Crippen molar-refractivity contribution in [3.8, 4) is 0 Å². The number of thiazole rings is 2. The summed E-state index contributed by atoms with van der Waals surface area (Å²) in [4.78, 5) is 21.3. The number of carboxylic acid groups (broad SMARTS) is 1. The highest BCUT2D eigenvalue weighted by atomic mass is 32.1. The Balaban J connectivity index is 2.16. The minimum atomic E-state index is -0.976. The van der Waals surface area contributed by atoms with Crippen LogP contribution in [0.4, 0.5) is 5.13 Å². The van der Waals surface area contributed by atoms with Gasteiger partial charge in [0.05, 0.1) is 22.4 Å². The van der Waals surface area contributed by atoms with Gasteiger partial charge in [-0.2, -0.15) is 0 Å². The van der Waals surface area contributed by atoms with Crippen LogP contribution in [0.15, 0.2) is 5.38 Å². The first kappa shape index (κ1) is 15.9. The quantitative estimate of drug-likeness (QED) is 0.875. The number of aryl methyl sites for hydroxylation is 2. The van der Waals surface area contributed by atoms with Gasteiger partial charge in [0.2, 0.25) is 0 Å². The van der Waals surface area contributed by atoms with Crippen molar-refractivity contribution in [2.75, 3.05) is 5.32 Å². The summed E-state index contributed by atoms with van der Waals surface area (Å²) in [5, 5.41) is 16.1. The first-order valence-electron chi connectivity index (χ1n) is 6.61. The molecular formula is C14H19N3O2S2. The molecule has 2 aromatic rings. The lowest BCUT2D eigenvalue weighted by atomic mass is 9.90. The van der Waals surface area contributed by atoms with Crippen molar-refractivity contribution in [2.24, 2.45) is 0 Å². The van der Waals surface area contributed by atoms with Crippen molar-refractivity contribution in [1.29, 1.82) is 0 Å². The van der Waals surface area contributed by atoms with Crippen LogP contribution in [-0.2, 0) is 10.2 Å². The largest absolute Gasteiger partial charge is 0.481 e. The molecule has 5 nitrogen and oxygen atoms in total. The van der Waals surface area contributed by atoms with Gasteiger partial charge in [-0.05, 0) is 34.6 Å². The summed E-state index contributed by atoms with van der Waals surface area (Å²) in [5.74, 6) is -0.874. The van der Waals surface area contributed by atoms with Crippen LogP contribution < -0.4 is 5.32 Å². The summed E-state index contributed by atoms with van der Waals surface area (Å²) in [6, 6.07) is 0.100. The van der Waals surface area contributed by atoms with Gasteiger partial charge in [0.25, 0.3) is 0 Å². The molecule has 21 heavy (non-hydrogen) atoms. The average molecular weight is 325 g/mol. The van der Waals surface area contributed by atoms with Crippen molar-refractivity contribution in [2.45, 2.75) is 46.1 Å². The van der Waals surface area contributed by atoms with Gasteiger partial charge in [-0.1, -0.05) is 0 Å². The molecule has 2 aromatic heterocycles. The Bertz CT molecular complexity index is 661. The molecule has 0 spiro atoms. The number of nitrogens with zero attached hydrogens (tertiary/aromatic N) is 2. The van der Waals surface area contributed by atoms with E-state index in [0.29, 0.717) is 5.69 Å². The zero-order valence-corrected chi connectivity index (χ0v) is 14.4. The third kappa shape index (κ3) is 3.24. The molecule has 0 amide bonds. The van der Waals surface area contributed by atoms with Gasteiger partial charge >= 0.3 is 5.97 Å². The van der Waals surface area contributed by atoms with Gasteiger partial charge < -0.3 is 10.4 Å². The molecule has 2 heterocycles. The SMILES string of the molecule is Cc1nc(C)c(C(C)Nc2nc(C(C)(C)C(=O)O)cs2)s1. The fourth-order valence-electron chi connectivity index (χ4n) is 1.94. The lowest BCUT2D eigenvalue weighted by Gasteiger charge is -2.16. The molecule has 0 aliphatic carbocycles. The molecule has 0 aliphatic rings. The van der Waals surface area contributed by atoms with Crippen molar-refractivity contribution < 1.29 is 9.90 Å². The van der Waals surface area contributed by atoms with Gasteiger partial charge in [0.1, 0.15) is 5.41 Å². The van der Waals surface area contributed by atoms with E-state index >= 15 is 0 Å². The number of nitrogens with one attached hydrogen (secondary N) is 1. The third-order valence-electron chi connectivity index (χ3n) is 3.35. The summed E-state index contributed by atoms with van der Waals surface area (Å²) >= 11 is 3.10. The minimum absolute atomic E-state index is 0.100. The second kappa shape index (κ2) is 5.73. The molecule has 0 saturated carbocycles. The van der Waals surface area contributed by atoms with Crippen molar-refractivity contribution in [3.63, 3.8) is 0 Å². The molecule has 0 aliphatic heterocycles. The molecule has 2 rings (SSSR count). The van der Waals surface area contributed by atoms with Crippen LogP contribution in [0.25, 0.3) is 0 Å². The van der Waals surface area contributed by atoms with Gasteiger partial charge in [-0.25, -0.2) is 9.97 Å². The minimum Gasteiger partial charge on any atom is -0.481 e. The highest BCUT2D eigenvalue weighted by Crippen LogP contribution is 2.31. The van der Waals surface area contributed by atoms with Gasteiger partial charge in [-0.3, -0.25) is 4.79 Å². The Morgan fingerprint density at radius 2 is 2.05 bits per heavy atom. The molecule has 114 valence electrons. The van der Waals surface area contributed by atoms with Crippen LogP contribution in [0.1, 0.15) is 48.1 Å². The summed E-state index contributed by atoms with van der Waals surface area (Å²) < 4.78 is 0. The maximum Gasteiger partial charge on any atom is 0.315 e. The topological polar surface area (TPSA) is 75.1 Å². The Labute approximate surface area is 132 Å². The van der Waals surface area contributed by atoms with E-state index in [1.165, 1.54) is 16.2 Å². The molecule has 1 atom stereocenters. The van der Waals surface area contributed by atoms with E-state index in [2.05, 4.69) is 22.2 Å². The van der Waals surface area contributed by atoms with Crippen LogP contribution in [0.5, 0.6) is 0 Å². The van der Waals surface area contributed by atoms with Crippen molar-refractivity contribution in [1.82, 2.24) is 9.97 Å². The van der Waals surface area contributed by atoms with Crippen molar-refractivity contribution in [3.05, 3.63) is 26.7 Å². The molecule has 2 N–H and O–H groups in total. The maximum atomic E-state index is 11.3. The van der Waals surface area contributed by atoms with Gasteiger partial charge in [0, 0.05) is 10.3 Å². The van der Waals surface area contributed by atoms with Crippen LogP contribution in [0.2, 0.25) is 0 Å². The maximum absolute atomic E-state index is 11.3. The molecular weight excluding hydrogens is 306 g/mol. The molecule has 1 unspecified atom stereocenters. The molecule has 7 heteroatoms. The molecule has 0 fully saturated rings. The number of aromatic nitrogens is 2. The fraction of sp³-hybridized carbons (Fsp3) is 0.500. The highest BCUT2D eigenvalue weighted by Gasteiger charge is 2.32. The number of hydrogen-bond acceptors (Lipinski definition) is 6. The second-order valence-corrected chi connectivity index (χ2v) is 7.61. The van der Waals surface area contributed by atoms with Gasteiger partial charge in [0.15, 0.2) is 5.13 Å².